The molecule has 21 heavy (non-hydrogen) atoms. The van der Waals surface area contributed by atoms with Crippen LogP contribution >= 0.6 is 0 Å². The Kier molecular flexibility index (Phi) is 6.15. The third-order valence-electron chi connectivity index (χ3n) is 3.07. The van der Waals surface area contributed by atoms with E-state index in [1.807, 2.05) is 6.92 Å². The lowest BCUT2D eigenvalue weighted by molar-refractivity contribution is -0.386. The van der Waals surface area contributed by atoms with Crippen molar-refractivity contribution in [1.82, 2.24) is 5.32 Å². The van der Waals surface area contributed by atoms with Crippen LogP contribution in [0.3, 0.4) is 0 Å². The second-order valence-corrected chi connectivity index (χ2v) is 6.38. The van der Waals surface area contributed by atoms with Crippen molar-refractivity contribution in [1.29, 1.82) is 0 Å². The number of nitrogens with zero attached hydrogens (tertiary/aromatic N) is 1. The van der Waals surface area contributed by atoms with E-state index >= 15 is 0 Å². The molecule has 0 aliphatic carbocycles. The minimum absolute atomic E-state index is 0.00169. The lowest BCUT2D eigenvalue weighted by Crippen LogP contribution is -2.35. The molecule has 0 saturated heterocycles. The highest BCUT2D eigenvalue weighted by Crippen LogP contribution is 2.29. The zero-order chi connectivity index (χ0) is 16.0. The van der Waals surface area contributed by atoms with Crippen molar-refractivity contribution in [2.24, 2.45) is 0 Å². The zero-order valence-electron chi connectivity index (χ0n) is 13.6. The smallest absolute Gasteiger partial charge is 0.310 e. The number of rotatable bonds is 7. The summed E-state index contributed by atoms with van der Waals surface area (Å²) < 4.78 is 5.75. The third kappa shape index (κ3) is 6.12. The van der Waals surface area contributed by atoms with Crippen LogP contribution in [0.5, 0.6) is 5.75 Å². The van der Waals surface area contributed by atoms with Crippen molar-refractivity contribution < 1.29 is 9.66 Å². The van der Waals surface area contributed by atoms with Crippen LogP contribution in [0.2, 0.25) is 0 Å². The van der Waals surface area contributed by atoms with Gasteiger partial charge in [0.1, 0.15) is 0 Å². The van der Waals surface area contributed by atoms with E-state index in [9.17, 15) is 10.1 Å². The van der Waals surface area contributed by atoms with Crippen molar-refractivity contribution in [2.75, 3.05) is 0 Å². The Hall–Kier alpha value is -1.62. The Bertz CT molecular complexity index is 481. The van der Waals surface area contributed by atoms with Crippen LogP contribution in [0.15, 0.2) is 18.2 Å². The maximum absolute atomic E-state index is 11.1. The molecule has 118 valence electrons. The van der Waals surface area contributed by atoms with E-state index < -0.39 is 4.92 Å². The highest BCUT2D eigenvalue weighted by molar-refractivity contribution is 5.48. The van der Waals surface area contributed by atoms with E-state index in [0.717, 1.165) is 18.4 Å². The molecule has 0 heterocycles. The van der Waals surface area contributed by atoms with Gasteiger partial charge in [-0.2, -0.15) is 0 Å². The van der Waals surface area contributed by atoms with Crippen molar-refractivity contribution in [3.63, 3.8) is 0 Å². The normalized spacial score (nSPS) is 13.0. The first-order chi connectivity index (χ1) is 9.73. The number of nitrogens with one attached hydrogen (secondary N) is 1. The monoisotopic (exact) mass is 294 g/mol. The van der Waals surface area contributed by atoms with E-state index in [1.54, 1.807) is 12.1 Å². The number of nitro groups is 1. The average Bonchev–Trinajstić information content (AvgIpc) is 2.35. The van der Waals surface area contributed by atoms with Crippen molar-refractivity contribution in [3.05, 3.63) is 33.9 Å². The molecule has 0 spiro atoms. The van der Waals surface area contributed by atoms with Gasteiger partial charge in [-0.1, -0.05) is 19.4 Å². The van der Waals surface area contributed by atoms with Crippen LogP contribution in [0.4, 0.5) is 5.69 Å². The molecule has 0 aliphatic heterocycles. The summed E-state index contributed by atoms with van der Waals surface area (Å²) in [5, 5.41) is 14.5. The van der Waals surface area contributed by atoms with E-state index in [2.05, 4.69) is 33.0 Å². The predicted molar refractivity (Wildman–Crippen MR) is 84.7 cm³/mol. The Morgan fingerprint density at radius 3 is 2.57 bits per heavy atom. The zero-order valence-corrected chi connectivity index (χ0v) is 13.6. The molecule has 5 nitrogen and oxygen atoms in total. The van der Waals surface area contributed by atoms with Crippen molar-refractivity contribution >= 4 is 5.69 Å². The lowest BCUT2D eigenvalue weighted by atomic mass is 10.1. The first-order valence-corrected chi connectivity index (χ1v) is 7.42. The molecule has 0 amide bonds. The topological polar surface area (TPSA) is 64.4 Å². The van der Waals surface area contributed by atoms with Crippen molar-refractivity contribution in [3.8, 4) is 5.75 Å². The molecule has 1 aromatic carbocycles. The van der Waals surface area contributed by atoms with Gasteiger partial charge in [-0.25, -0.2) is 0 Å². The van der Waals surface area contributed by atoms with Crippen molar-refractivity contribution in [2.45, 2.75) is 65.6 Å². The Morgan fingerprint density at radius 2 is 2.05 bits per heavy atom. The van der Waals surface area contributed by atoms with Gasteiger partial charge < -0.3 is 10.1 Å². The standard InChI is InChI=1S/C16H26N2O3/c1-6-7-12(2)21-15-10-13(11-17-16(3,4)5)8-9-14(15)18(19)20/h8-10,12,17H,6-7,11H2,1-5H3. The first-order valence-electron chi connectivity index (χ1n) is 7.42. The van der Waals surface area contributed by atoms with E-state index in [4.69, 9.17) is 4.74 Å². The Balaban J connectivity index is 2.92. The summed E-state index contributed by atoms with van der Waals surface area (Å²) in [6.45, 7) is 10.9. The second kappa shape index (κ2) is 7.41. The van der Waals surface area contributed by atoms with Gasteiger partial charge in [-0.05, 0) is 45.7 Å². The van der Waals surface area contributed by atoms with Gasteiger partial charge in [0.15, 0.2) is 5.75 Å². The molecule has 0 fully saturated rings. The summed E-state index contributed by atoms with van der Waals surface area (Å²) in [4.78, 5) is 10.7. The van der Waals surface area contributed by atoms with Gasteiger partial charge in [-0.15, -0.1) is 0 Å². The first kappa shape index (κ1) is 17.4. The summed E-state index contributed by atoms with van der Waals surface area (Å²) in [6, 6.07) is 5.06. The fourth-order valence-corrected chi connectivity index (χ4v) is 1.96. The van der Waals surface area contributed by atoms with Gasteiger partial charge in [-0.3, -0.25) is 10.1 Å². The van der Waals surface area contributed by atoms with Crippen LogP contribution in [-0.2, 0) is 6.54 Å². The molecule has 0 radical (unpaired) electrons. The number of ether oxygens (including phenoxy) is 1. The quantitative estimate of drug-likeness (QED) is 0.608. The highest BCUT2D eigenvalue weighted by atomic mass is 16.6. The van der Waals surface area contributed by atoms with Crippen LogP contribution < -0.4 is 10.1 Å². The maximum Gasteiger partial charge on any atom is 0.310 e. The lowest BCUT2D eigenvalue weighted by Gasteiger charge is -2.21. The van der Waals surface area contributed by atoms with Crippen LogP contribution in [0.25, 0.3) is 0 Å². The molecule has 0 saturated carbocycles. The number of nitro benzene ring substituents is 1. The highest BCUT2D eigenvalue weighted by Gasteiger charge is 2.18. The number of hydrogen-bond acceptors (Lipinski definition) is 4. The predicted octanol–water partition coefficient (Wildman–Crippen LogP) is 4.05. The molecule has 1 aromatic rings. The summed E-state index contributed by atoms with van der Waals surface area (Å²) >= 11 is 0. The molecule has 5 heteroatoms. The van der Waals surface area contributed by atoms with E-state index in [-0.39, 0.29) is 17.3 Å². The molecule has 1 N–H and O–H groups in total. The summed E-state index contributed by atoms with van der Waals surface area (Å²) in [6.07, 6.45) is 1.83. The van der Waals surface area contributed by atoms with Gasteiger partial charge in [0, 0.05) is 18.2 Å². The SMILES string of the molecule is CCCC(C)Oc1cc(CNC(C)(C)C)ccc1[N+](=O)[O-]. The van der Waals surface area contributed by atoms with Crippen LogP contribution in [-0.4, -0.2) is 16.6 Å². The molecular formula is C16H26N2O3. The minimum atomic E-state index is -0.394. The minimum Gasteiger partial charge on any atom is -0.484 e. The largest absolute Gasteiger partial charge is 0.484 e. The van der Waals surface area contributed by atoms with Crippen LogP contribution in [0, 0.1) is 10.1 Å². The Labute approximate surface area is 126 Å². The van der Waals surface area contributed by atoms with E-state index in [0.29, 0.717) is 12.3 Å². The van der Waals surface area contributed by atoms with Gasteiger partial charge in [0.2, 0.25) is 0 Å². The average molecular weight is 294 g/mol. The molecule has 0 aliphatic rings. The summed E-state index contributed by atoms with van der Waals surface area (Å²) in [5.74, 6) is 0.356. The van der Waals surface area contributed by atoms with E-state index in [1.165, 1.54) is 6.07 Å². The fraction of sp³-hybridized carbons (Fsp3) is 0.625. The molecular weight excluding hydrogens is 268 g/mol. The molecule has 0 bridgehead atoms. The molecule has 0 aromatic heterocycles. The number of hydrogen-bond donors (Lipinski definition) is 1. The second-order valence-electron chi connectivity index (χ2n) is 6.38. The number of benzene rings is 1. The fourth-order valence-electron chi connectivity index (χ4n) is 1.96. The third-order valence-corrected chi connectivity index (χ3v) is 3.07. The summed E-state index contributed by atoms with van der Waals surface area (Å²) in [7, 11) is 0. The van der Waals surface area contributed by atoms with Gasteiger partial charge in [0.05, 0.1) is 11.0 Å². The van der Waals surface area contributed by atoms with Crippen LogP contribution in [0.1, 0.15) is 53.0 Å². The maximum atomic E-state index is 11.1. The van der Waals surface area contributed by atoms with Gasteiger partial charge in [0.25, 0.3) is 0 Å². The Morgan fingerprint density at radius 1 is 1.38 bits per heavy atom. The van der Waals surface area contributed by atoms with Gasteiger partial charge >= 0.3 is 5.69 Å². The molecule has 1 unspecified atom stereocenters. The summed E-state index contributed by atoms with van der Waals surface area (Å²) in [5.41, 5.74) is 1.00. The molecule has 1 rings (SSSR count). The molecule has 1 atom stereocenters.